The van der Waals surface area contributed by atoms with Crippen molar-refractivity contribution in [2.45, 2.75) is 45.8 Å². The lowest BCUT2D eigenvalue weighted by Gasteiger charge is -2.32. The van der Waals surface area contributed by atoms with Gasteiger partial charge < -0.3 is 14.6 Å². The fourth-order valence-electron chi connectivity index (χ4n) is 2.86. The van der Waals surface area contributed by atoms with Crippen LogP contribution in [0.4, 0.5) is 10.5 Å². The van der Waals surface area contributed by atoms with Gasteiger partial charge in [-0.05, 0) is 51.7 Å². The molecular weight excluding hydrogens is 279 g/mol. The first-order chi connectivity index (χ1) is 10.2. The third kappa shape index (κ3) is 2.30. The van der Waals surface area contributed by atoms with E-state index in [2.05, 4.69) is 5.32 Å². The second-order valence-corrected chi connectivity index (χ2v) is 6.96. The van der Waals surface area contributed by atoms with E-state index in [1.54, 1.807) is 4.90 Å². The van der Waals surface area contributed by atoms with Gasteiger partial charge in [0.2, 0.25) is 0 Å². The van der Waals surface area contributed by atoms with Gasteiger partial charge in [-0.25, -0.2) is 4.79 Å². The average Bonchev–Trinajstić information content (AvgIpc) is 2.91. The van der Waals surface area contributed by atoms with E-state index in [1.165, 1.54) is 0 Å². The standard InChI is InChI=1S/C16H23BN2O3/c1-11-12(17-21-15(2,3)16(4,5)22-17)7-6-8-13(11)19-10-9-18-14(19)20/h6-8H,9-10H2,1-5H3,(H,18,20). The Hall–Kier alpha value is -1.53. The normalized spacial score (nSPS) is 23.0. The summed E-state index contributed by atoms with van der Waals surface area (Å²) in [6, 6.07) is 5.88. The Morgan fingerprint density at radius 2 is 1.82 bits per heavy atom. The fourth-order valence-corrected chi connectivity index (χ4v) is 2.86. The van der Waals surface area contributed by atoms with Crippen molar-refractivity contribution in [3.8, 4) is 0 Å². The molecule has 2 fully saturated rings. The maximum Gasteiger partial charge on any atom is 0.495 e. The number of anilines is 1. The molecule has 0 spiro atoms. The van der Waals surface area contributed by atoms with Gasteiger partial charge in [-0.1, -0.05) is 12.1 Å². The lowest BCUT2D eigenvalue weighted by molar-refractivity contribution is 0.00578. The second-order valence-electron chi connectivity index (χ2n) is 6.96. The number of amides is 2. The number of carbonyl (C=O) groups is 1. The lowest BCUT2D eigenvalue weighted by atomic mass is 9.75. The van der Waals surface area contributed by atoms with Gasteiger partial charge in [-0.3, -0.25) is 4.90 Å². The molecule has 3 rings (SSSR count). The number of nitrogens with one attached hydrogen (secondary N) is 1. The molecule has 1 aromatic carbocycles. The summed E-state index contributed by atoms with van der Waals surface area (Å²) in [6.45, 7) is 11.5. The number of nitrogens with zero attached hydrogens (tertiary/aromatic N) is 1. The summed E-state index contributed by atoms with van der Waals surface area (Å²) in [4.78, 5) is 13.7. The largest absolute Gasteiger partial charge is 0.495 e. The SMILES string of the molecule is Cc1c(B2OC(C)(C)C(C)(C)O2)cccc1N1CCNC1=O. The molecule has 2 heterocycles. The maximum atomic E-state index is 11.9. The molecule has 1 aromatic rings. The summed E-state index contributed by atoms with van der Waals surface area (Å²) in [6.07, 6.45) is 0. The van der Waals surface area contributed by atoms with Crippen molar-refractivity contribution in [3.63, 3.8) is 0 Å². The molecule has 0 aliphatic carbocycles. The van der Waals surface area contributed by atoms with Gasteiger partial charge in [0.1, 0.15) is 0 Å². The van der Waals surface area contributed by atoms with E-state index in [4.69, 9.17) is 9.31 Å². The van der Waals surface area contributed by atoms with Crippen LogP contribution in [0.2, 0.25) is 0 Å². The van der Waals surface area contributed by atoms with Crippen LogP contribution >= 0.6 is 0 Å². The minimum absolute atomic E-state index is 0.0471. The number of hydrogen-bond acceptors (Lipinski definition) is 3. The molecule has 0 aromatic heterocycles. The first kappa shape index (κ1) is 15.4. The molecule has 6 heteroatoms. The van der Waals surface area contributed by atoms with Crippen LogP contribution in [0.15, 0.2) is 18.2 Å². The highest BCUT2D eigenvalue weighted by molar-refractivity contribution is 6.62. The molecular formula is C16H23BN2O3. The van der Waals surface area contributed by atoms with Crippen molar-refractivity contribution in [1.29, 1.82) is 0 Å². The number of carbonyl (C=O) groups excluding carboxylic acids is 1. The monoisotopic (exact) mass is 302 g/mol. The quantitative estimate of drug-likeness (QED) is 0.848. The summed E-state index contributed by atoms with van der Waals surface area (Å²) in [5, 5.41) is 2.83. The minimum atomic E-state index is -0.407. The zero-order valence-corrected chi connectivity index (χ0v) is 13.9. The van der Waals surface area contributed by atoms with Crippen molar-refractivity contribution >= 4 is 24.3 Å². The highest BCUT2D eigenvalue weighted by Crippen LogP contribution is 2.37. The van der Waals surface area contributed by atoms with Crippen LogP contribution in [0.5, 0.6) is 0 Å². The van der Waals surface area contributed by atoms with Crippen LogP contribution < -0.4 is 15.7 Å². The topological polar surface area (TPSA) is 50.8 Å². The molecule has 2 saturated heterocycles. The van der Waals surface area contributed by atoms with Crippen molar-refractivity contribution < 1.29 is 14.1 Å². The number of benzene rings is 1. The molecule has 118 valence electrons. The molecule has 0 bridgehead atoms. The Labute approximate surface area is 132 Å². The Morgan fingerprint density at radius 3 is 2.36 bits per heavy atom. The van der Waals surface area contributed by atoms with Crippen LogP contribution in [0.3, 0.4) is 0 Å². The molecule has 0 radical (unpaired) electrons. The molecule has 0 atom stereocenters. The van der Waals surface area contributed by atoms with E-state index < -0.39 is 7.12 Å². The van der Waals surface area contributed by atoms with E-state index in [0.717, 1.165) is 16.7 Å². The molecule has 1 N–H and O–H groups in total. The summed E-state index contributed by atoms with van der Waals surface area (Å²) in [5.74, 6) is 0. The fraction of sp³-hybridized carbons (Fsp3) is 0.562. The minimum Gasteiger partial charge on any atom is -0.399 e. The zero-order valence-electron chi connectivity index (χ0n) is 13.9. The molecule has 0 saturated carbocycles. The van der Waals surface area contributed by atoms with E-state index in [1.807, 2.05) is 52.8 Å². The molecule has 2 aliphatic heterocycles. The molecule has 2 aliphatic rings. The first-order valence-electron chi connectivity index (χ1n) is 7.73. The van der Waals surface area contributed by atoms with E-state index in [-0.39, 0.29) is 17.2 Å². The molecule has 22 heavy (non-hydrogen) atoms. The second kappa shape index (κ2) is 5.00. The van der Waals surface area contributed by atoms with Crippen LogP contribution in [0, 0.1) is 6.92 Å². The Bertz CT molecular complexity index is 599. The van der Waals surface area contributed by atoms with Crippen LogP contribution in [-0.4, -0.2) is 37.4 Å². The first-order valence-corrected chi connectivity index (χ1v) is 7.73. The highest BCUT2D eigenvalue weighted by atomic mass is 16.7. The number of rotatable bonds is 2. The van der Waals surface area contributed by atoms with E-state index in [9.17, 15) is 4.79 Å². The zero-order chi connectivity index (χ0) is 16.1. The highest BCUT2D eigenvalue weighted by Gasteiger charge is 2.52. The smallest absolute Gasteiger partial charge is 0.399 e. The van der Waals surface area contributed by atoms with Crippen molar-refractivity contribution in [1.82, 2.24) is 5.32 Å². The van der Waals surface area contributed by atoms with Crippen molar-refractivity contribution in [2.75, 3.05) is 18.0 Å². The van der Waals surface area contributed by atoms with Gasteiger partial charge in [0, 0.05) is 18.8 Å². The Morgan fingerprint density at radius 1 is 1.18 bits per heavy atom. The van der Waals surface area contributed by atoms with Crippen molar-refractivity contribution in [2.24, 2.45) is 0 Å². The van der Waals surface area contributed by atoms with Crippen molar-refractivity contribution in [3.05, 3.63) is 23.8 Å². The van der Waals surface area contributed by atoms with Gasteiger partial charge in [0.15, 0.2) is 0 Å². The van der Waals surface area contributed by atoms with Gasteiger partial charge in [-0.15, -0.1) is 0 Å². The third-order valence-corrected chi connectivity index (χ3v) is 5.00. The van der Waals surface area contributed by atoms with Gasteiger partial charge in [0.05, 0.1) is 11.2 Å². The summed E-state index contributed by atoms with van der Waals surface area (Å²) < 4.78 is 12.3. The predicted octanol–water partition coefficient (Wildman–Crippen LogP) is 1.82. The summed E-state index contributed by atoms with van der Waals surface area (Å²) in [5.41, 5.74) is 2.19. The van der Waals surface area contributed by atoms with E-state index >= 15 is 0 Å². The maximum absolute atomic E-state index is 11.9. The number of hydrogen-bond donors (Lipinski definition) is 1. The van der Waals surface area contributed by atoms with Crippen LogP contribution in [-0.2, 0) is 9.31 Å². The average molecular weight is 302 g/mol. The van der Waals surface area contributed by atoms with Gasteiger partial charge in [0.25, 0.3) is 0 Å². The van der Waals surface area contributed by atoms with Crippen LogP contribution in [0.1, 0.15) is 33.3 Å². The van der Waals surface area contributed by atoms with Gasteiger partial charge in [-0.2, -0.15) is 0 Å². The third-order valence-electron chi connectivity index (χ3n) is 5.00. The predicted molar refractivity (Wildman–Crippen MR) is 87.6 cm³/mol. The Balaban J connectivity index is 1.95. The molecule has 2 amide bonds. The van der Waals surface area contributed by atoms with Gasteiger partial charge >= 0.3 is 13.1 Å². The molecule has 0 unspecified atom stereocenters. The van der Waals surface area contributed by atoms with Crippen LogP contribution in [0.25, 0.3) is 0 Å². The Kier molecular flexibility index (Phi) is 3.49. The lowest BCUT2D eigenvalue weighted by Crippen LogP contribution is -2.41. The number of urea groups is 1. The molecule has 5 nitrogen and oxygen atoms in total. The van der Waals surface area contributed by atoms with E-state index in [0.29, 0.717) is 13.1 Å². The summed E-state index contributed by atoms with van der Waals surface area (Å²) >= 11 is 0. The summed E-state index contributed by atoms with van der Waals surface area (Å²) in [7, 11) is -0.407.